The van der Waals surface area contributed by atoms with E-state index in [1.54, 1.807) is 0 Å². The van der Waals surface area contributed by atoms with Gasteiger partial charge in [0.1, 0.15) is 11.2 Å². The van der Waals surface area contributed by atoms with Crippen LogP contribution in [0.1, 0.15) is 0 Å². The molecule has 3 heterocycles. The Morgan fingerprint density at radius 2 is 1.02 bits per heavy atom. The van der Waals surface area contributed by atoms with Crippen LogP contribution in [0.3, 0.4) is 0 Å². The van der Waals surface area contributed by atoms with Crippen molar-refractivity contribution >= 4 is 65.3 Å². The molecule has 0 aliphatic heterocycles. The molecule has 0 N–H and O–H groups in total. The summed E-state index contributed by atoms with van der Waals surface area (Å²) in [4.78, 5) is 15.4. The topological polar surface area (TPSA) is 56.7 Å². The van der Waals surface area contributed by atoms with Crippen molar-refractivity contribution in [2.75, 3.05) is 0 Å². The number of para-hydroxylation sites is 1. The van der Waals surface area contributed by atoms with Gasteiger partial charge in [0.15, 0.2) is 17.5 Å². The fourth-order valence-corrected chi connectivity index (χ4v) is 7.81. The molecular formula is C47H28N4O. The summed E-state index contributed by atoms with van der Waals surface area (Å²) < 4.78 is 9.02. The van der Waals surface area contributed by atoms with Gasteiger partial charge in [-0.3, -0.25) is 0 Å². The minimum absolute atomic E-state index is 0.591. The number of fused-ring (bicyclic) bond motifs is 8. The number of furan rings is 1. The fourth-order valence-electron chi connectivity index (χ4n) is 7.81. The van der Waals surface area contributed by atoms with Crippen LogP contribution in [0.5, 0.6) is 0 Å². The second kappa shape index (κ2) is 11.2. The summed E-state index contributed by atoms with van der Waals surface area (Å²) in [6, 6.07) is 59.2. The van der Waals surface area contributed by atoms with Gasteiger partial charge in [0, 0.05) is 32.8 Å². The molecule has 0 aliphatic carbocycles. The van der Waals surface area contributed by atoms with Crippen LogP contribution in [0.2, 0.25) is 0 Å². The van der Waals surface area contributed by atoms with Crippen LogP contribution >= 0.6 is 0 Å². The summed E-state index contributed by atoms with van der Waals surface area (Å²) in [6.07, 6.45) is 0. The molecule has 0 unspecified atom stereocenters. The van der Waals surface area contributed by atoms with Crippen molar-refractivity contribution < 1.29 is 4.42 Å². The van der Waals surface area contributed by atoms with Gasteiger partial charge in [-0.25, -0.2) is 15.0 Å². The molecule has 0 saturated carbocycles. The predicted octanol–water partition coefficient (Wildman–Crippen LogP) is 12.2. The van der Waals surface area contributed by atoms with Gasteiger partial charge in [0.2, 0.25) is 0 Å². The minimum Gasteiger partial charge on any atom is -0.456 e. The molecule has 0 bridgehead atoms. The van der Waals surface area contributed by atoms with E-state index in [9.17, 15) is 0 Å². The maximum Gasteiger partial charge on any atom is 0.164 e. The molecule has 0 saturated heterocycles. The van der Waals surface area contributed by atoms with Crippen molar-refractivity contribution in [2.24, 2.45) is 0 Å². The quantitative estimate of drug-likeness (QED) is 0.188. The van der Waals surface area contributed by atoms with Gasteiger partial charge in [0.25, 0.3) is 0 Å². The minimum atomic E-state index is 0.591. The Kier molecular flexibility index (Phi) is 6.18. The average molecular weight is 665 g/mol. The number of aromatic nitrogens is 4. The first-order valence-electron chi connectivity index (χ1n) is 17.4. The third-order valence-electron chi connectivity index (χ3n) is 10.2. The molecular weight excluding hydrogens is 637 g/mol. The second-order valence-electron chi connectivity index (χ2n) is 13.2. The Morgan fingerprint density at radius 3 is 1.85 bits per heavy atom. The number of rotatable bonds is 4. The molecule has 8 aromatic carbocycles. The smallest absolute Gasteiger partial charge is 0.164 e. The Bertz CT molecular complexity index is 3190. The van der Waals surface area contributed by atoms with Crippen molar-refractivity contribution in [1.29, 1.82) is 0 Å². The highest BCUT2D eigenvalue weighted by Gasteiger charge is 2.22. The van der Waals surface area contributed by atoms with E-state index in [0.717, 1.165) is 60.7 Å². The first-order valence-corrected chi connectivity index (χ1v) is 17.4. The molecule has 3 aromatic heterocycles. The Labute approximate surface area is 298 Å². The van der Waals surface area contributed by atoms with Gasteiger partial charge in [-0.05, 0) is 64.0 Å². The SMILES string of the molecule is c1ccc(-c2nc(-c3ccc4ccccc4c3)nc(-c3cccc4oc5cccc(-n6c7ccccc7c7cc8ccccc8cc76)c5c34)n2)cc1. The summed E-state index contributed by atoms with van der Waals surface area (Å²) in [5.74, 6) is 1.83. The molecule has 0 amide bonds. The normalized spacial score (nSPS) is 11.8. The third kappa shape index (κ3) is 4.39. The lowest BCUT2D eigenvalue weighted by atomic mass is 10.0. The monoisotopic (exact) mass is 664 g/mol. The summed E-state index contributed by atoms with van der Waals surface area (Å²) in [7, 11) is 0. The molecule has 0 spiro atoms. The summed E-state index contributed by atoms with van der Waals surface area (Å²) in [5, 5.41) is 9.12. The first kappa shape index (κ1) is 28.7. The molecule has 11 rings (SSSR count). The standard InChI is InChI=1S/C47H28N4O/c1-2-13-30(14-3-1)45-48-46(34-25-24-29-12-4-5-15-31(29)26-34)50-47(49-45)36-19-10-22-41-43(36)44-39(21-11-23-42(44)52-41)51-38-20-9-8-18-35(38)37-27-32-16-6-7-17-33(32)28-40(37)51/h1-28H. The molecule has 5 nitrogen and oxygen atoms in total. The van der Waals surface area contributed by atoms with Gasteiger partial charge in [-0.15, -0.1) is 0 Å². The Morgan fingerprint density at radius 1 is 0.385 bits per heavy atom. The zero-order valence-electron chi connectivity index (χ0n) is 27.9. The van der Waals surface area contributed by atoms with E-state index in [0.29, 0.717) is 17.5 Å². The van der Waals surface area contributed by atoms with E-state index in [1.807, 2.05) is 42.5 Å². The number of hydrogen-bond acceptors (Lipinski definition) is 4. The van der Waals surface area contributed by atoms with Crippen molar-refractivity contribution in [2.45, 2.75) is 0 Å². The van der Waals surface area contributed by atoms with Crippen LogP contribution < -0.4 is 0 Å². The largest absolute Gasteiger partial charge is 0.456 e. The van der Waals surface area contributed by atoms with E-state index in [2.05, 4.69) is 132 Å². The van der Waals surface area contributed by atoms with Gasteiger partial charge in [-0.2, -0.15) is 0 Å². The van der Waals surface area contributed by atoms with Crippen LogP contribution in [-0.4, -0.2) is 19.5 Å². The second-order valence-corrected chi connectivity index (χ2v) is 13.2. The van der Waals surface area contributed by atoms with Gasteiger partial charge in [0.05, 0.1) is 22.1 Å². The molecule has 52 heavy (non-hydrogen) atoms. The number of benzene rings is 8. The van der Waals surface area contributed by atoms with Gasteiger partial charge >= 0.3 is 0 Å². The first-order chi connectivity index (χ1) is 25.8. The lowest BCUT2D eigenvalue weighted by Crippen LogP contribution is -2.00. The van der Waals surface area contributed by atoms with Crippen molar-refractivity contribution in [1.82, 2.24) is 19.5 Å². The summed E-state index contributed by atoms with van der Waals surface area (Å²) in [5.41, 5.74) is 7.65. The van der Waals surface area contributed by atoms with Crippen LogP contribution in [0.4, 0.5) is 0 Å². The molecule has 11 aromatic rings. The van der Waals surface area contributed by atoms with E-state index in [1.165, 1.54) is 26.9 Å². The van der Waals surface area contributed by atoms with Crippen LogP contribution in [0.25, 0.3) is 105 Å². The maximum absolute atomic E-state index is 6.64. The molecule has 0 atom stereocenters. The van der Waals surface area contributed by atoms with E-state index in [-0.39, 0.29) is 0 Å². The molecule has 0 radical (unpaired) electrons. The van der Waals surface area contributed by atoms with Gasteiger partial charge in [-0.1, -0.05) is 127 Å². The van der Waals surface area contributed by atoms with Crippen molar-refractivity contribution in [3.8, 4) is 39.9 Å². The highest BCUT2D eigenvalue weighted by molar-refractivity contribution is 6.19. The van der Waals surface area contributed by atoms with Crippen molar-refractivity contribution in [3.63, 3.8) is 0 Å². The van der Waals surface area contributed by atoms with Crippen LogP contribution in [0.15, 0.2) is 174 Å². The highest BCUT2D eigenvalue weighted by Crippen LogP contribution is 2.42. The highest BCUT2D eigenvalue weighted by atomic mass is 16.3. The number of hydrogen-bond donors (Lipinski definition) is 0. The molecule has 5 heteroatoms. The molecule has 0 aliphatic rings. The fraction of sp³-hybridized carbons (Fsp3) is 0. The summed E-state index contributed by atoms with van der Waals surface area (Å²) >= 11 is 0. The Hall–Kier alpha value is -7.11. The van der Waals surface area contributed by atoms with Crippen LogP contribution in [0, 0.1) is 0 Å². The van der Waals surface area contributed by atoms with Gasteiger partial charge < -0.3 is 8.98 Å². The Balaban J connectivity index is 1.21. The summed E-state index contributed by atoms with van der Waals surface area (Å²) in [6.45, 7) is 0. The molecule has 0 fully saturated rings. The van der Waals surface area contributed by atoms with E-state index in [4.69, 9.17) is 19.4 Å². The van der Waals surface area contributed by atoms with E-state index >= 15 is 0 Å². The zero-order valence-corrected chi connectivity index (χ0v) is 27.9. The lowest BCUT2D eigenvalue weighted by molar-refractivity contribution is 0.669. The average Bonchev–Trinajstić information content (AvgIpc) is 3.75. The van der Waals surface area contributed by atoms with Crippen molar-refractivity contribution in [3.05, 3.63) is 170 Å². The maximum atomic E-state index is 6.64. The number of nitrogens with zero attached hydrogens (tertiary/aromatic N) is 4. The van der Waals surface area contributed by atoms with Crippen LogP contribution in [-0.2, 0) is 0 Å². The third-order valence-corrected chi connectivity index (χ3v) is 10.2. The lowest BCUT2D eigenvalue weighted by Gasteiger charge is -2.12. The predicted molar refractivity (Wildman–Crippen MR) is 213 cm³/mol. The molecule has 242 valence electrons. The zero-order chi connectivity index (χ0) is 34.2. The van der Waals surface area contributed by atoms with E-state index < -0.39 is 0 Å².